The quantitative estimate of drug-likeness (QED) is 0.635. The van der Waals surface area contributed by atoms with Crippen molar-refractivity contribution in [2.45, 2.75) is 51.3 Å². The summed E-state index contributed by atoms with van der Waals surface area (Å²) in [4.78, 5) is 35.9. The number of hydrogen-bond acceptors (Lipinski definition) is 5. The molecule has 0 aromatic heterocycles. The molecule has 0 saturated heterocycles. The summed E-state index contributed by atoms with van der Waals surface area (Å²) in [6, 6.07) is 13.5. The highest BCUT2D eigenvalue weighted by Crippen LogP contribution is 2.31. The van der Waals surface area contributed by atoms with E-state index in [-0.39, 0.29) is 0 Å². The zero-order chi connectivity index (χ0) is 24.2. The minimum Gasteiger partial charge on any atom is -0.480 e. The topological polar surface area (TPSA) is 116 Å². The summed E-state index contributed by atoms with van der Waals surface area (Å²) in [5, 5.41) is 21.4. The van der Waals surface area contributed by atoms with Gasteiger partial charge in [0.1, 0.15) is 11.6 Å². The van der Waals surface area contributed by atoms with Crippen molar-refractivity contribution in [3.05, 3.63) is 70.8 Å². The number of carboxylic acids is 2. The summed E-state index contributed by atoms with van der Waals surface area (Å²) in [6.45, 7) is 6.38. The monoisotopic (exact) mass is 454 g/mol. The van der Waals surface area contributed by atoms with Gasteiger partial charge in [0, 0.05) is 13.1 Å². The Morgan fingerprint density at radius 2 is 1.48 bits per heavy atom. The van der Waals surface area contributed by atoms with Gasteiger partial charge in [0.15, 0.2) is 6.04 Å². The number of nitrogens with one attached hydrogen (secondary N) is 1. The molecule has 0 fully saturated rings. The number of hydrogen-bond donors (Lipinski definition) is 3. The fourth-order valence-electron chi connectivity index (χ4n) is 4.08. The van der Waals surface area contributed by atoms with Crippen LogP contribution in [0.1, 0.15) is 55.1 Å². The van der Waals surface area contributed by atoms with Gasteiger partial charge in [-0.1, -0.05) is 48.5 Å². The molecule has 0 spiro atoms. The fraction of sp³-hybridized carbons (Fsp3) is 0.400. The fourth-order valence-corrected chi connectivity index (χ4v) is 4.08. The lowest BCUT2D eigenvalue weighted by Crippen LogP contribution is -2.45. The van der Waals surface area contributed by atoms with Crippen LogP contribution in [0, 0.1) is 0 Å². The van der Waals surface area contributed by atoms with Gasteiger partial charge in [-0.15, -0.1) is 0 Å². The molecule has 33 heavy (non-hydrogen) atoms. The number of fused-ring (bicyclic) bond motifs is 2. The van der Waals surface area contributed by atoms with Gasteiger partial charge in [0.05, 0.1) is 0 Å². The van der Waals surface area contributed by atoms with Crippen molar-refractivity contribution in [3.63, 3.8) is 0 Å². The van der Waals surface area contributed by atoms with E-state index in [0.29, 0.717) is 18.5 Å². The van der Waals surface area contributed by atoms with Crippen LogP contribution in [0.3, 0.4) is 0 Å². The van der Waals surface area contributed by atoms with Gasteiger partial charge < -0.3 is 20.3 Å². The molecule has 0 bridgehead atoms. The molecule has 0 saturated carbocycles. The third-order valence-corrected chi connectivity index (χ3v) is 5.50. The number of ether oxygens (including phenoxy) is 1. The summed E-state index contributed by atoms with van der Waals surface area (Å²) in [5.74, 6) is -1.84. The Hall–Kier alpha value is -3.39. The molecule has 2 aromatic carbocycles. The second-order valence-corrected chi connectivity index (χ2v) is 9.04. The third-order valence-electron chi connectivity index (χ3n) is 5.50. The van der Waals surface area contributed by atoms with E-state index >= 15 is 0 Å². The van der Waals surface area contributed by atoms with E-state index in [1.165, 1.54) is 4.90 Å². The minimum absolute atomic E-state index is 0.350. The van der Waals surface area contributed by atoms with Crippen LogP contribution in [-0.4, -0.2) is 51.8 Å². The molecule has 3 N–H and O–H groups in total. The van der Waals surface area contributed by atoms with Crippen LogP contribution in [0.15, 0.2) is 48.5 Å². The molecule has 8 heteroatoms. The normalized spacial score (nSPS) is 19.3. The number of benzene rings is 2. The van der Waals surface area contributed by atoms with Crippen LogP contribution in [0.5, 0.6) is 0 Å². The maximum atomic E-state index is 12.2. The number of carboxylic acid groups (broad SMARTS) is 2. The van der Waals surface area contributed by atoms with Crippen LogP contribution in [0.4, 0.5) is 4.79 Å². The zero-order valence-corrected chi connectivity index (χ0v) is 19.1. The van der Waals surface area contributed by atoms with Gasteiger partial charge in [-0.2, -0.15) is 0 Å². The maximum Gasteiger partial charge on any atom is 0.411 e. The molecule has 2 aromatic rings. The summed E-state index contributed by atoms with van der Waals surface area (Å²) >= 11 is 0. The predicted molar refractivity (Wildman–Crippen MR) is 122 cm³/mol. The second kappa shape index (κ2) is 10.0. The van der Waals surface area contributed by atoms with Gasteiger partial charge in [0.25, 0.3) is 0 Å². The van der Waals surface area contributed by atoms with E-state index in [9.17, 15) is 19.5 Å². The van der Waals surface area contributed by atoms with Crippen molar-refractivity contribution in [3.8, 4) is 0 Å². The Balaban J connectivity index is 0.000000203. The number of carbonyl (C=O) groups excluding carboxylic acids is 1. The van der Waals surface area contributed by atoms with Crippen LogP contribution in [-0.2, 0) is 27.2 Å². The highest BCUT2D eigenvalue weighted by atomic mass is 16.6. The standard InChI is InChI=1S/C15H19NO4.C10H11NO2/c1-15(2,3)20-14(19)16-9-8-10-6-4-5-7-11(10)12(16)13(17)18;12-10(13)9-8-4-2-1-3-7(8)5-6-11-9/h4-7,12H,8-9H2,1-3H3,(H,17,18);1-4,9,11H,5-6H2,(H,12,13). The van der Waals surface area contributed by atoms with Crippen molar-refractivity contribution >= 4 is 18.0 Å². The molecular weight excluding hydrogens is 424 g/mol. The molecule has 176 valence electrons. The molecular formula is C25H30N2O6. The largest absolute Gasteiger partial charge is 0.480 e. The molecule has 2 heterocycles. The lowest BCUT2D eigenvalue weighted by molar-refractivity contribution is -0.144. The van der Waals surface area contributed by atoms with Crippen molar-refractivity contribution in [1.29, 1.82) is 0 Å². The zero-order valence-electron chi connectivity index (χ0n) is 19.1. The first-order valence-electron chi connectivity index (χ1n) is 10.9. The van der Waals surface area contributed by atoms with Gasteiger partial charge in [-0.25, -0.2) is 9.59 Å². The van der Waals surface area contributed by atoms with Crippen molar-refractivity contribution < 1.29 is 29.3 Å². The van der Waals surface area contributed by atoms with Gasteiger partial charge in [0.2, 0.25) is 0 Å². The molecule has 2 aliphatic heterocycles. The maximum absolute atomic E-state index is 12.2. The van der Waals surface area contributed by atoms with E-state index in [0.717, 1.165) is 29.7 Å². The molecule has 1 amide bonds. The highest BCUT2D eigenvalue weighted by Gasteiger charge is 2.37. The Bertz CT molecular complexity index is 1030. The minimum atomic E-state index is -1.04. The van der Waals surface area contributed by atoms with E-state index in [4.69, 9.17) is 9.84 Å². The Morgan fingerprint density at radius 1 is 0.909 bits per heavy atom. The second-order valence-electron chi connectivity index (χ2n) is 9.04. The van der Waals surface area contributed by atoms with Crippen LogP contribution >= 0.6 is 0 Å². The van der Waals surface area contributed by atoms with E-state index in [1.807, 2.05) is 36.4 Å². The highest BCUT2D eigenvalue weighted by molar-refractivity contribution is 5.82. The van der Waals surface area contributed by atoms with Crippen LogP contribution in [0.25, 0.3) is 0 Å². The molecule has 4 rings (SSSR count). The summed E-state index contributed by atoms with van der Waals surface area (Å²) < 4.78 is 5.30. The molecule has 0 aliphatic carbocycles. The number of rotatable bonds is 2. The van der Waals surface area contributed by atoms with Crippen molar-refractivity contribution in [2.24, 2.45) is 0 Å². The number of amides is 1. The molecule has 2 unspecified atom stereocenters. The molecule has 2 aliphatic rings. The summed E-state index contributed by atoms with van der Waals surface area (Å²) in [7, 11) is 0. The molecule has 8 nitrogen and oxygen atoms in total. The van der Waals surface area contributed by atoms with E-state index in [2.05, 4.69) is 5.32 Å². The average Bonchev–Trinajstić information content (AvgIpc) is 2.77. The van der Waals surface area contributed by atoms with Gasteiger partial charge in [-0.05, 0) is 55.9 Å². The number of nitrogens with zero attached hydrogens (tertiary/aromatic N) is 1. The molecule has 2 atom stereocenters. The first-order valence-corrected chi connectivity index (χ1v) is 10.9. The third kappa shape index (κ3) is 5.90. The van der Waals surface area contributed by atoms with Gasteiger partial charge in [-0.3, -0.25) is 9.69 Å². The smallest absolute Gasteiger partial charge is 0.411 e. The van der Waals surface area contributed by atoms with Crippen LogP contribution in [0.2, 0.25) is 0 Å². The van der Waals surface area contributed by atoms with Crippen molar-refractivity contribution in [2.75, 3.05) is 13.1 Å². The summed E-state index contributed by atoms with van der Waals surface area (Å²) in [6.07, 6.45) is 0.971. The van der Waals surface area contributed by atoms with E-state index < -0.39 is 35.7 Å². The van der Waals surface area contributed by atoms with E-state index in [1.54, 1.807) is 32.9 Å². The molecule has 0 radical (unpaired) electrons. The SMILES string of the molecule is CC(C)(C)OC(=O)N1CCc2ccccc2C1C(=O)O.O=C(O)C1NCCc2ccccc21. The first kappa shape index (κ1) is 24.3. The van der Waals surface area contributed by atoms with Gasteiger partial charge >= 0.3 is 18.0 Å². The Morgan fingerprint density at radius 3 is 2.06 bits per heavy atom. The first-order chi connectivity index (χ1) is 15.6. The van der Waals surface area contributed by atoms with Crippen molar-refractivity contribution in [1.82, 2.24) is 10.2 Å². The Kier molecular flexibility index (Phi) is 7.38. The lowest BCUT2D eigenvalue weighted by Gasteiger charge is -2.35. The van der Waals surface area contributed by atoms with Crippen LogP contribution < -0.4 is 5.32 Å². The number of aliphatic carboxylic acids is 2. The Labute approximate surface area is 193 Å². The average molecular weight is 455 g/mol. The lowest BCUT2D eigenvalue weighted by atomic mass is 9.93. The number of carbonyl (C=O) groups is 3. The predicted octanol–water partition coefficient (Wildman–Crippen LogP) is 3.56. The summed E-state index contributed by atoms with van der Waals surface area (Å²) in [5.41, 5.74) is 3.05.